The Balaban J connectivity index is 2.95. The van der Waals surface area contributed by atoms with Gasteiger partial charge in [-0.25, -0.2) is 4.79 Å². The third kappa shape index (κ3) is 5.05. The van der Waals surface area contributed by atoms with Gasteiger partial charge in [-0.2, -0.15) is 0 Å². The van der Waals surface area contributed by atoms with E-state index in [0.717, 1.165) is 29.8 Å². The van der Waals surface area contributed by atoms with Crippen LogP contribution in [0, 0.1) is 13.8 Å². The van der Waals surface area contributed by atoms with Crippen LogP contribution >= 0.6 is 0 Å². The highest BCUT2D eigenvalue weighted by atomic mass is 16.6. The zero-order valence-corrected chi connectivity index (χ0v) is 13.8. The van der Waals surface area contributed by atoms with E-state index in [1.807, 2.05) is 34.7 Å². The van der Waals surface area contributed by atoms with Gasteiger partial charge in [0.15, 0.2) is 6.10 Å². The average Bonchev–Trinajstić information content (AvgIpc) is 2.42. The van der Waals surface area contributed by atoms with Gasteiger partial charge in [0.05, 0.1) is 6.61 Å². The summed E-state index contributed by atoms with van der Waals surface area (Å²) in [4.78, 5) is 12.0. The predicted octanol–water partition coefficient (Wildman–Crippen LogP) is 3.13. The number of nitrogens with one attached hydrogen (secondary N) is 1. The third-order valence-corrected chi connectivity index (χ3v) is 3.26. The van der Waals surface area contributed by atoms with E-state index in [0.29, 0.717) is 13.0 Å². The van der Waals surface area contributed by atoms with E-state index in [-0.39, 0.29) is 5.97 Å². The number of rotatable bonds is 8. The molecule has 4 heteroatoms. The van der Waals surface area contributed by atoms with Gasteiger partial charge in [-0.3, -0.25) is 0 Å². The topological polar surface area (TPSA) is 47.6 Å². The van der Waals surface area contributed by atoms with Crippen molar-refractivity contribution in [2.45, 2.75) is 53.2 Å². The van der Waals surface area contributed by atoms with Crippen LogP contribution in [0.25, 0.3) is 0 Å². The second-order valence-electron chi connectivity index (χ2n) is 5.24. The summed E-state index contributed by atoms with van der Waals surface area (Å²) < 4.78 is 11.1. The molecule has 0 aliphatic heterocycles. The number of ether oxygens (including phenoxy) is 2. The smallest absolute Gasteiger partial charge is 0.347 e. The molecular weight excluding hydrogens is 266 g/mol. The molecular formula is C17H27NO3. The lowest BCUT2D eigenvalue weighted by atomic mass is 10.1. The fourth-order valence-corrected chi connectivity index (χ4v) is 2.40. The SMILES string of the molecule is CCCC(Oc1c(C)cc(CNC)cc1C)C(=O)OCC. The molecule has 0 saturated carbocycles. The van der Waals surface area contributed by atoms with Gasteiger partial charge < -0.3 is 14.8 Å². The first-order valence-corrected chi connectivity index (χ1v) is 7.61. The van der Waals surface area contributed by atoms with Crippen LogP contribution in [-0.2, 0) is 16.1 Å². The molecule has 1 aromatic rings. The second-order valence-corrected chi connectivity index (χ2v) is 5.24. The van der Waals surface area contributed by atoms with E-state index in [1.165, 1.54) is 5.56 Å². The Kier molecular flexibility index (Phi) is 7.23. The molecule has 21 heavy (non-hydrogen) atoms. The van der Waals surface area contributed by atoms with Crippen LogP contribution in [0.4, 0.5) is 0 Å². The Bertz CT molecular complexity index is 448. The minimum Gasteiger partial charge on any atom is -0.478 e. The number of carbonyl (C=O) groups is 1. The number of hydrogen-bond donors (Lipinski definition) is 1. The van der Waals surface area contributed by atoms with Crippen LogP contribution in [0.5, 0.6) is 5.75 Å². The number of hydrogen-bond acceptors (Lipinski definition) is 4. The standard InChI is InChI=1S/C17H27NO3/c1-6-8-15(17(19)20-7-2)21-16-12(3)9-14(11-18-5)10-13(16)4/h9-10,15,18H,6-8,11H2,1-5H3. The first kappa shape index (κ1) is 17.5. The molecule has 1 aromatic carbocycles. The Hall–Kier alpha value is -1.55. The van der Waals surface area contributed by atoms with Crippen molar-refractivity contribution < 1.29 is 14.3 Å². The average molecular weight is 293 g/mol. The van der Waals surface area contributed by atoms with Gasteiger partial charge in [0, 0.05) is 6.54 Å². The van der Waals surface area contributed by atoms with E-state index in [2.05, 4.69) is 17.4 Å². The molecule has 0 spiro atoms. The molecule has 0 radical (unpaired) electrons. The fraction of sp³-hybridized carbons (Fsp3) is 0.588. The van der Waals surface area contributed by atoms with Gasteiger partial charge in [-0.05, 0) is 50.9 Å². The minimum absolute atomic E-state index is 0.280. The van der Waals surface area contributed by atoms with Gasteiger partial charge in [0.2, 0.25) is 0 Å². The molecule has 0 aliphatic rings. The highest BCUT2D eigenvalue weighted by Crippen LogP contribution is 2.27. The van der Waals surface area contributed by atoms with E-state index in [4.69, 9.17) is 9.47 Å². The van der Waals surface area contributed by atoms with E-state index >= 15 is 0 Å². The second kappa shape index (κ2) is 8.67. The molecule has 0 aromatic heterocycles. The summed E-state index contributed by atoms with van der Waals surface area (Å²) in [7, 11) is 1.92. The summed E-state index contributed by atoms with van der Waals surface area (Å²) in [6.45, 7) is 9.06. The Morgan fingerprint density at radius 2 is 1.86 bits per heavy atom. The Morgan fingerprint density at radius 1 is 1.24 bits per heavy atom. The van der Waals surface area contributed by atoms with Crippen LogP contribution < -0.4 is 10.1 Å². The first-order chi connectivity index (χ1) is 10.0. The molecule has 0 saturated heterocycles. The van der Waals surface area contributed by atoms with Crippen molar-refractivity contribution in [2.24, 2.45) is 0 Å². The fourth-order valence-electron chi connectivity index (χ4n) is 2.40. The van der Waals surface area contributed by atoms with Crippen molar-refractivity contribution in [1.29, 1.82) is 0 Å². The normalized spacial score (nSPS) is 12.0. The van der Waals surface area contributed by atoms with Crippen molar-refractivity contribution in [3.8, 4) is 5.75 Å². The van der Waals surface area contributed by atoms with Crippen LogP contribution in [0.2, 0.25) is 0 Å². The molecule has 1 atom stereocenters. The maximum atomic E-state index is 12.0. The zero-order chi connectivity index (χ0) is 15.8. The van der Waals surface area contributed by atoms with Crippen LogP contribution in [0.15, 0.2) is 12.1 Å². The van der Waals surface area contributed by atoms with Crippen molar-refractivity contribution >= 4 is 5.97 Å². The molecule has 0 amide bonds. The molecule has 0 fully saturated rings. The van der Waals surface area contributed by atoms with Gasteiger partial charge in [0.25, 0.3) is 0 Å². The summed E-state index contributed by atoms with van der Waals surface area (Å²) >= 11 is 0. The quantitative estimate of drug-likeness (QED) is 0.748. The monoisotopic (exact) mass is 293 g/mol. The maximum absolute atomic E-state index is 12.0. The summed E-state index contributed by atoms with van der Waals surface area (Å²) in [6.07, 6.45) is 1.01. The van der Waals surface area contributed by atoms with Crippen LogP contribution in [0.1, 0.15) is 43.4 Å². The lowest BCUT2D eigenvalue weighted by molar-refractivity contribution is -0.151. The largest absolute Gasteiger partial charge is 0.478 e. The van der Waals surface area contributed by atoms with Gasteiger partial charge in [0.1, 0.15) is 5.75 Å². The van der Waals surface area contributed by atoms with Crippen molar-refractivity contribution in [3.05, 3.63) is 28.8 Å². The Labute approximate surface area is 127 Å². The summed E-state index contributed by atoms with van der Waals surface area (Å²) in [5.74, 6) is 0.513. The predicted molar refractivity (Wildman–Crippen MR) is 84.6 cm³/mol. The lowest BCUT2D eigenvalue weighted by Gasteiger charge is -2.20. The summed E-state index contributed by atoms with van der Waals surface area (Å²) in [6, 6.07) is 4.18. The van der Waals surface area contributed by atoms with E-state index in [1.54, 1.807) is 0 Å². The van der Waals surface area contributed by atoms with Crippen molar-refractivity contribution in [3.63, 3.8) is 0 Å². The molecule has 1 unspecified atom stereocenters. The van der Waals surface area contributed by atoms with Crippen molar-refractivity contribution in [2.75, 3.05) is 13.7 Å². The third-order valence-electron chi connectivity index (χ3n) is 3.26. The maximum Gasteiger partial charge on any atom is 0.347 e. The first-order valence-electron chi connectivity index (χ1n) is 7.61. The van der Waals surface area contributed by atoms with Gasteiger partial charge in [-0.1, -0.05) is 25.5 Å². The summed E-state index contributed by atoms with van der Waals surface area (Å²) in [5.41, 5.74) is 3.30. The van der Waals surface area contributed by atoms with Gasteiger partial charge >= 0.3 is 5.97 Å². The highest BCUT2D eigenvalue weighted by molar-refractivity contribution is 5.75. The zero-order valence-electron chi connectivity index (χ0n) is 13.8. The molecule has 1 rings (SSSR count). The number of benzene rings is 1. The van der Waals surface area contributed by atoms with Crippen molar-refractivity contribution in [1.82, 2.24) is 5.32 Å². The Morgan fingerprint density at radius 3 is 2.33 bits per heavy atom. The number of carbonyl (C=O) groups excluding carboxylic acids is 1. The molecule has 0 bridgehead atoms. The van der Waals surface area contributed by atoms with Crippen LogP contribution in [-0.4, -0.2) is 25.7 Å². The lowest BCUT2D eigenvalue weighted by Crippen LogP contribution is -2.29. The van der Waals surface area contributed by atoms with Gasteiger partial charge in [-0.15, -0.1) is 0 Å². The molecule has 0 aliphatic carbocycles. The molecule has 0 heterocycles. The molecule has 1 N–H and O–H groups in total. The molecule has 4 nitrogen and oxygen atoms in total. The molecule has 118 valence electrons. The number of aryl methyl sites for hydroxylation is 2. The minimum atomic E-state index is -0.525. The van der Waals surface area contributed by atoms with Crippen LogP contribution in [0.3, 0.4) is 0 Å². The highest BCUT2D eigenvalue weighted by Gasteiger charge is 2.22. The van der Waals surface area contributed by atoms with E-state index in [9.17, 15) is 4.79 Å². The number of esters is 1. The van der Waals surface area contributed by atoms with E-state index < -0.39 is 6.10 Å². The summed E-state index contributed by atoms with van der Waals surface area (Å²) in [5, 5.41) is 3.14.